The third-order valence-electron chi connectivity index (χ3n) is 2.91. The Labute approximate surface area is 108 Å². The van der Waals surface area contributed by atoms with Crippen molar-refractivity contribution in [2.75, 3.05) is 0 Å². The van der Waals surface area contributed by atoms with Gasteiger partial charge in [0.15, 0.2) is 0 Å². The van der Waals surface area contributed by atoms with Gasteiger partial charge in [0.2, 0.25) is 0 Å². The van der Waals surface area contributed by atoms with Gasteiger partial charge >= 0.3 is 0 Å². The van der Waals surface area contributed by atoms with E-state index in [2.05, 4.69) is 29.4 Å². The zero-order valence-corrected chi connectivity index (χ0v) is 10.6. The largest absolute Gasteiger partial charge is 0.392 e. The Kier molecular flexibility index (Phi) is 4.45. The first-order valence-electron chi connectivity index (χ1n) is 6.09. The number of pyridine rings is 1. The lowest BCUT2D eigenvalue weighted by Gasteiger charge is -2.07. The van der Waals surface area contributed by atoms with Gasteiger partial charge < -0.3 is 10.4 Å². The van der Waals surface area contributed by atoms with Gasteiger partial charge in [0.05, 0.1) is 12.3 Å². The van der Waals surface area contributed by atoms with Crippen LogP contribution in [0.2, 0.25) is 0 Å². The third kappa shape index (κ3) is 3.39. The summed E-state index contributed by atoms with van der Waals surface area (Å²) in [4.78, 5) is 4.34. The van der Waals surface area contributed by atoms with Crippen molar-refractivity contribution in [2.45, 2.75) is 26.6 Å². The molecule has 0 atom stereocenters. The number of hydrogen-bond acceptors (Lipinski definition) is 3. The first kappa shape index (κ1) is 12.7. The first-order chi connectivity index (χ1) is 8.79. The zero-order valence-electron chi connectivity index (χ0n) is 10.6. The topological polar surface area (TPSA) is 45.2 Å². The number of aliphatic hydroxyl groups excluding tert-OH is 1. The Morgan fingerprint density at radius 1 is 1.11 bits per heavy atom. The maximum absolute atomic E-state index is 9.07. The standard InChI is InChI=1S/C15H18N2O/c1-12-4-3-7-17-15(12)10-16-9-13-5-2-6-14(8-13)11-18/h2-8,16,18H,9-11H2,1H3. The van der Waals surface area contributed by atoms with Gasteiger partial charge in [-0.05, 0) is 29.7 Å². The Morgan fingerprint density at radius 2 is 1.94 bits per heavy atom. The number of nitrogens with one attached hydrogen (secondary N) is 1. The van der Waals surface area contributed by atoms with E-state index in [0.717, 1.165) is 24.3 Å². The normalized spacial score (nSPS) is 10.6. The fraction of sp³-hybridized carbons (Fsp3) is 0.267. The highest BCUT2D eigenvalue weighted by Crippen LogP contribution is 2.06. The molecule has 2 N–H and O–H groups in total. The van der Waals surface area contributed by atoms with Crippen molar-refractivity contribution in [3.8, 4) is 0 Å². The molecule has 0 bridgehead atoms. The Bertz CT molecular complexity index is 511. The van der Waals surface area contributed by atoms with Crippen LogP contribution in [0.5, 0.6) is 0 Å². The average Bonchev–Trinajstić information content (AvgIpc) is 2.41. The number of aliphatic hydroxyl groups is 1. The number of benzene rings is 1. The second kappa shape index (κ2) is 6.28. The van der Waals surface area contributed by atoms with Crippen LogP contribution in [0.15, 0.2) is 42.6 Å². The molecule has 0 unspecified atom stereocenters. The minimum Gasteiger partial charge on any atom is -0.392 e. The number of rotatable bonds is 5. The summed E-state index contributed by atoms with van der Waals surface area (Å²) >= 11 is 0. The van der Waals surface area contributed by atoms with Crippen molar-refractivity contribution in [3.63, 3.8) is 0 Å². The summed E-state index contributed by atoms with van der Waals surface area (Å²) in [5.41, 5.74) is 4.41. The number of aromatic nitrogens is 1. The molecule has 1 aromatic carbocycles. The lowest BCUT2D eigenvalue weighted by molar-refractivity contribution is 0.281. The van der Waals surface area contributed by atoms with Crippen LogP contribution >= 0.6 is 0 Å². The van der Waals surface area contributed by atoms with Crippen LogP contribution in [-0.2, 0) is 19.7 Å². The molecule has 0 fully saturated rings. The summed E-state index contributed by atoms with van der Waals surface area (Å²) in [6, 6.07) is 12.0. The van der Waals surface area contributed by atoms with Gasteiger partial charge in [-0.25, -0.2) is 0 Å². The Hall–Kier alpha value is -1.71. The first-order valence-corrected chi connectivity index (χ1v) is 6.09. The van der Waals surface area contributed by atoms with Gasteiger partial charge in [0.1, 0.15) is 0 Å². The van der Waals surface area contributed by atoms with Gasteiger partial charge in [-0.2, -0.15) is 0 Å². The molecule has 2 aromatic rings. The van der Waals surface area contributed by atoms with Gasteiger partial charge in [0.25, 0.3) is 0 Å². The van der Waals surface area contributed by atoms with E-state index < -0.39 is 0 Å². The number of hydrogen-bond donors (Lipinski definition) is 2. The molecule has 2 rings (SSSR count). The van der Waals surface area contributed by atoms with Gasteiger partial charge in [-0.15, -0.1) is 0 Å². The van der Waals surface area contributed by atoms with Crippen molar-refractivity contribution in [1.82, 2.24) is 10.3 Å². The monoisotopic (exact) mass is 242 g/mol. The van der Waals surface area contributed by atoms with E-state index in [1.807, 2.05) is 30.5 Å². The predicted octanol–water partition coefficient (Wildman–Crippen LogP) is 2.17. The van der Waals surface area contributed by atoms with Crippen molar-refractivity contribution >= 4 is 0 Å². The van der Waals surface area contributed by atoms with E-state index in [1.165, 1.54) is 11.1 Å². The van der Waals surface area contributed by atoms with Crippen molar-refractivity contribution < 1.29 is 5.11 Å². The van der Waals surface area contributed by atoms with E-state index in [1.54, 1.807) is 0 Å². The molecule has 0 aliphatic rings. The Morgan fingerprint density at radius 3 is 2.72 bits per heavy atom. The summed E-state index contributed by atoms with van der Waals surface area (Å²) in [6.45, 7) is 3.70. The van der Waals surface area contributed by atoms with E-state index in [0.29, 0.717) is 0 Å². The fourth-order valence-electron chi connectivity index (χ4n) is 1.87. The molecular formula is C15H18N2O. The highest BCUT2D eigenvalue weighted by Gasteiger charge is 1.99. The van der Waals surface area contributed by atoms with Gasteiger partial charge in [-0.3, -0.25) is 4.98 Å². The molecule has 1 aromatic heterocycles. The van der Waals surface area contributed by atoms with E-state index in [-0.39, 0.29) is 6.61 Å². The number of nitrogens with zero attached hydrogens (tertiary/aromatic N) is 1. The molecule has 0 spiro atoms. The van der Waals surface area contributed by atoms with Crippen LogP contribution in [0.3, 0.4) is 0 Å². The summed E-state index contributed by atoms with van der Waals surface area (Å²) in [5.74, 6) is 0. The summed E-state index contributed by atoms with van der Waals surface area (Å²) < 4.78 is 0. The van der Waals surface area contributed by atoms with E-state index in [9.17, 15) is 0 Å². The highest BCUT2D eigenvalue weighted by atomic mass is 16.3. The summed E-state index contributed by atoms with van der Waals surface area (Å²) in [6.07, 6.45) is 1.82. The zero-order chi connectivity index (χ0) is 12.8. The summed E-state index contributed by atoms with van der Waals surface area (Å²) in [7, 11) is 0. The van der Waals surface area contributed by atoms with Crippen LogP contribution in [0.1, 0.15) is 22.4 Å². The molecule has 0 radical (unpaired) electrons. The molecule has 3 heteroatoms. The lowest BCUT2D eigenvalue weighted by atomic mass is 10.1. The molecule has 94 valence electrons. The summed E-state index contributed by atoms with van der Waals surface area (Å²) in [5, 5.41) is 12.4. The van der Waals surface area contributed by atoms with Crippen LogP contribution in [0.4, 0.5) is 0 Å². The van der Waals surface area contributed by atoms with Crippen molar-refractivity contribution in [2.24, 2.45) is 0 Å². The number of aryl methyl sites for hydroxylation is 1. The Balaban J connectivity index is 1.90. The quantitative estimate of drug-likeness (QED) is 0.844. The van der Waals surface area contributed by atoms with E-state index in [4.69, 9.17) is 5.11 Å². The van der Waals surface area contributed by atoms with Crippen molar-refractivity contribution in [3.05, 3.63) is 65.0 Å². The molecular weight excluding hydrogens is 224 g/mol. The SMILES string of the molecule is Cc1cccnc1CNCc1cccc(CO)c1. The maximum atomic E-state index is 9.07. The van der Waals surface area contributed by atoms with Crippen LogP contribution in [0, 0.1) is 6.92 Å². The molecule has 3 nitrogen and oxygen atoms in total. The van der Waals surface area contributed by atoms with Gasteiger partial charge in [-0.1, -0.05) is 30.3 Å². The molecule has 1 heterocycles. The second-order valence-corrected chi connectivity index (χ2v) is 4.35. The minimum atomic E-state index is 0.0905. The van der Waals surface area contributed by atoms with Crippen molar-refractivity contribution in [1.29, 1.82) is 0 Å². The van der Waals surface area contributed by atoms with Gasteiger partial charge in [0, 0.05) is 19.3 Å². The van der Waals surface area contributed by atoms with Crippen LogP contribution in [-0.4, -0.2) is 10.1 Å². The minimum absolute atomic E-state index is 0.0905. The molecule has 0 aliphatic carbocycles. The molecule has 0 aliphatic heterocycles. The molecule has 18 heavy (non-hydrogen) atoms. The second-order valence-electron chi connectivity index (χ2n) is 4.35. The highest BCUT2D eigenvalue weighted by molar-refractivity contribution is 5.23. The smallest absolute Gasteiger partial charge is 0.0681 e. The third-order valence-corrected chi connectivity index (χ3v) is 2.91. The molecule has 0 saturated carbocycles. The predicted molar refractivity (Wildman–Crippen MR) is 71.9 cm³/mol. The average molecular weight is 242 g/mol. The van der Waals surface area contributed by atoms with Crippen LogP contribution < -0.4 is 5.32 Å². The fourth-order valence-corrected chi connectivity index (χ4v) is 1.87. The van der Waals surface area contributed by atoms with E-state index >= 15 is 0 Å². The lowest BCUT2D eigenvalue weighted by Crippen LogP contribution is -2.14. The molecule has 0 saturated heterocycles. The molecule has 0 amide bonds. The maximum Gasteiger partial charge on any atom is 0.0681 e. The van der Waals surface area contributed by atoms with Crippen LogP contribution in [0.25, 0.3) is 0 Å².